The van der Waals surface area contributed by atoms with Crippen LogP contribution in [0.5, 0.6) is 0 Å². The van der Waals surface area contributed by atoms with Crippen LogP contribution in [0, 0.1) is 0 Å². The van der Waals surface area contributed by atoms with Gasteiger partial charge < -0.3 is 14.8 Å². The van der Waals surface area contributed by atoms with Gasteiger partial charge >= 0.3 is 11.9 Å². The molecule has 0 bridgehead atoms. The van der Waals surface area contributed by atoms with Crippen LogP contribution in [-0.2, 0) is 19.1 Å². The van der Waals surface area contributed by atoms with Crippen molar-refractivity contribution in [3.05, 3.63) is 40.7 Å². The normalized spacial score (nSPS) is 14.4. The second kappa shape index (κ2) is 5.10. The molecule has 5 nitrogen and oxygen atoms in total. The third-order valence-corrected chi connectivity index (χ3v) is 2.60. The minimum absolute atomic E-state index is 0.0946. The molecule has 18 heavy (non-hydrogen) atoms. The Morgan fingerprint density at radius 1 is 1.39 bits per heavy atom. The van der Waals surface area contributed by atoms with Gasteiger partial charge in [-0.3, -0.25) is 4.79 Å². The Morgan fingerprint density at radius 3 is 2.67 bits per heavy atom. The summed E-state index contributed by atoms with van der Waals surface area (Å²) in [7, 11) is 1.25. The van der Waals surface area contributed by atoms with Gasteiger partial charge in [-0.1, -0.05) is 11.6 Å². The zero-order valence-electron chi connectivity index (χ0n) is 9.53. The fraction of sp³-hybridized carbons (Fsp3) is 0.167. The first-order valence-corrected chi connectivity index (χ1v) is 5.52. The number of methoxy groups -OCH3 is 1. The van der Waals surface area contributed by atoms with Crippen molar-refractivity contribution in [2.24, 2.45) is 0 Å². The molecular weight excluding hydrogens is 258 g/mol. The first-order chi connectivity index (χ1) is 8.60. The van der Waals surface area contributed by atoms with Crippen LogP contribution in [0.2, 0.25) is 5.02 Å². The van der Waals surface area contributed by atoms with E-state index >= 15 is 0 Å². The lowest BCUT2D eigenvalue weighted by atomic mass is 10.2. The number of hydrogen-bond acceptors (Lipinski definition) is 5. The molecule has 0 spiro atoms. The lowest BCUT2D eigenvalue weighted by molar-refractivity contribution is -0.138. The van der Waals surface area contributed by atoms with Crippen LogP contribution in [0.25, 0.3) is 0 Å². The van der Waals surface area contributed by atoms with Crippen molar-refractivity contribution in [3.8, 4) is 0 Å². The third-order valence-electron chi connectivity index (χ3n) is 2.34. The predicted molar refractivity (Wildman–Crippen MR) is 64.8 cm³/mol. The highest BCUT2D eigenvalue weighted by Crippen LogP contribution is 2.24. The minimum atomic E-state index is -0.586. The van der Waals surface area contributed by atoms with E-state index in [1.807, 2.05) is 0 Å². The summed E-state index contributed by atoms with van der Waals surface area (Å²) >= 11 is 5.75. The topological polar surface area (TPSA) is 64.6 Å². The molecule has 1 N–H and O–H groups in total. The monoisotopic (exact) mass is 267 g/mol. The Bertz CT molecular complexity index is 521. The number of halogens is 1. The summed E-state index contributed by atoms with van der Waals surface area (Å²) in [5.41, 5.74) is 0.836. The average molecular weight is 268 g/mol. The number of nitrogens with one attached hydrogen (secondary N) is 1. The van der Waals surface area contributed by atoms with E-state index in [1.165, 1.54) is 7.11 Å². The molecule has 0 aromatic heterocycles. The minimum Gasteiger partial charge on any atom is -0.465 e. The van der Waals surface area contributed by atoms with Crippen LogP contribution in [-0.4, -0.2) is 19.0 Å². The molecule has 1 aromatic carbocycles. The number of esters is 2. The SMILES string of the molecule is COC(=O)C1=C(Nc2ccc(Cl)cc2)OC(=O)C1. The van der Waals surface area contributed by atoms with E-state index in [4.69, 9.17) is 16.3 Å². The average Bonchev–Trinajstić information content (AvgIpc) is 2.72. The van der Waals surface area contributed by atoms with Crippen LogP contribution in [0.4, 0.5) is 5.69 Å². The Balaban J connectivity index is 2.22. The van der Waals surface area contributed by atoms with E-state index in [-0.39, 0.29) is 17.9 Å². The summed E-state index contributed by atoms with van der Waals surface area (Å²) in [6.07, 6.45) is -0.0946. The van der Waals surface area contributed by atoms with Crippen LogP contribution in [0.1, 0.15) is 6.42 Å². The number of anilines is 1. The molecule has 1 aliphatic heterocycles. The lowest BCUT2D eigenvalue weighted by Gasteiger charge is -2.07. The molecule has 1 aliphatic rings. The first kappa shape index (κ1) is 12.4. The highest BCUT2D eigenvalue weighted by atomic mass is 35.5. The highest BCUT2D eigenvalue weighted by Gasteiger charge is 2.29. The second-order valence-electron chi connectivity index (χ2n) is 3.58. The van der Waals surface area contributed by atoms with E-state index in [1.54, 1.807) is 24.3 Å². The first-order valence-electron chi connectivity index (χ1n) is 5.15. The maximum atomic E-state index is 11.4. The summed E-state index contributed by atoms with van der Waals surface area (Å²) in [6, 6.07) is 6.77. The largest absolute Gasteiger partial charge is 0.465 e. The van der Waals surface area contributed by atoms with Gasteiger partial charge in [0, 0.05) is 10.7 Å². The van der Waals surface area contributed by atoms with E-state index < -0.39 is 11.9 Å². The molecule has 0 amide bonds. The Kier molecular flexibility index (Phi) is 3.53. The molecule has 0 radical (unpaired) electrons. The number of carbonyl (C=O) groups is 2. The van der Waals surface area contributed by atoms with Gasteiger partial charge in [-0.2, -0.15) is 0 Å². The lowest BCUT2D eigenvalue weighted by Crippen LogP contribution is -2.09. The molecule has 0 atom stereocenters. The van der Waals surface area contributed by atoms with Gasteiger partial charge in [0.05, 0.1) is 13.5 Å². The Morgan fingerprint density at radius 2 is 2.06 bits per heavy atom. The molecule has 0 aliphatic carbocycles. The standard InChI is InChI=1S/C12H10ClNO4/c1-17-12(16)9-6-10(15)18-11(9)14-8-4-2-7(13)3-5-8/h2-5,14H,6H2,1H3. The molecule has 1 heterocycles. The number of hydrogen-bond donors (Lipinski definition) is 1. The van der Waals surface area contributed by atoms with E-state index in [9.17, 15) is 9.59 Å². The van der Waals surface area contributed by atoms with Crippen molar-refractivity contribution in [1.82, 2.24) is 0 Å². The van der Waals surface area contributed by atoms with Crippen molar-refractivity contribution >= 4 is 29.2 Å². The molecule has 0 saturated carbocycles. The van der Waals surface area contributed by atoms with Crippen LogP contribution >= 0.6 is 11.6 Å². The maximum Gasteiger partial charge on any atom is 0.339 e. The molecule has 6 heteroatoms. The molecule has 0 fully saturated rings. The smallest absolute Gasteiger partial charge is 0.339 e. The number of carbonyl (C=O) groups excluding carboxylic acids is 2. The summed E-state index contributed by atoms with van der Waals surface area (Å²) in [5.74, 6) is -0.974. The van der Waals surface area contributed by atoms with Crippen molar-refractivity contribution in [1.29, 1.82) is 0 Å². The fourth-order valence-corrected chi connectivity index (χ4v) is 1.62. The van der Waals surface area contributed by atoms with Crippen molar-refractivity contribution in [3.63, 3.8) is 0 Å². The molecule has 94 valence electrons. The highest BCUT2D eigenvalue weighted by molar-refractivity contribution is 6.30. The van der Waals surface area contributed by atoms with Gasteiger partial charge in [0.1, 0.15) is 5.57 Å². The van der Waals surface area contributed by atoms with Crippen LogP contribution in [0.3, 0.4) is 0 Å². The van der Waals surface area contributed by atoms with E-state index in [2.05, 4.69) is 10.1 Å². The molecule has 2 rings (SSSR count). The summed E-state index contributed by atoms with van der Waals surface area (Å²) < 4.78 is 9.51. The van der Waals surface area contributed by atoms with E-state index in [0.29, 0.717) is 10.7 Å². The van der Waals surface area contributed by atoms with Crippen molar-refractivity contribution in [2.45, 2.75) is 6.42 Å². The number of rotatable bonds is 3. The molecule has 0 saturated heterocycles. The summed E-state index contributed by atoms with van der Waals surface area (Å²) in [4.78, 5) is 22.6. The van der Waals surface area contributed by atoms with Gasteiger partial charge in [0.25, 0.3) is 0 Å². The summed E-state index contributed by atoms with van der Waals surface area (Å²) in [5, 5.41) is 3.43. The van der Waals surface area contributed by atoms with Crippen LogP contribution in [0.15, 0.2) is 35.7 Å². The van der Waals surface area contributed by atoms with Gasteiger partial charge in [-0.05, 0) is 24.3 Å². The second-order valence-corrected chi connectivity index (χ2v) is 4.02. The predicted octanol–water partition coefficient (Wildman–Crippen LogP) is 2.08. The number of benzene rings is 1. The van der Waals surface area contributed by atoms with Crippen LogP contribution < -0.4 is 5.32 Å². The van der Waals surface area contributed by atoms with Crippen molar-refractivity contribution < 1.29 is 19.1 Å². The van der Waals surface area contributed by atoms with Gasteiger partial charge in [-0.15, -0.1) is 0 Å². The Labute approximate surface area is 108 Å². The third kappa shape index (κ3) is 2.62. The molecular formula is C12H10ClNO4. The quantitative estimate of drug-likeness (QED) is 0.850. The summed E-state index contributed by atoms with van der Waals surface area (Å²) in [6.45, 7) is 0. The zero-order chi connectivity index (χ0) is 13.1. The zero-order valence-corrected chi connectivity index (χ0v) is 10.3. The van der Waals surface area contributed by atoms with Gasteiger partial charge in [0.15, 0.2) is 0 Å². The molecule has 1 aromatic rings. The fourth-order valence-electron chi connectivity index (χ4n) is 1.49. The van der Waals surface area contributed by atoms with E-state index in [0.717, 1.165) is 0 Å². The number of cyclic esters (lactones) is 1. The molecule has 0 unspecified atom stereocenters. The van der Waals surface area contributed by atoms with Crippen molar-refractivity contribution in [2.75, 3.05) is 12.4 Å². The Hall–Kier alpha value is -2.01. The van der Waals surface area contributed by atoms with Gasteiger partial charge in [-0.25, -0.2) is 4.79 Å². The maximum absolute atomic E-state index is 11.4. The van der Waals surface area contributed by atoms with Gasteiger partial charge in [0.2, 0.25) is 5.88 Å². The number of ether oxygens (including phenoxy) is 2.